The molecule has 1 N–H and O–H groups in total. The maximum atomic E-state index is 13.4. The van der Waals surface area contributed by atoms with Crippen LogP contribution in [0.3, 0.4) is 0 Å². The first-order valence-corrected chi connectivity index (χ1v) is 11.9. The van der Waals surface area contributed by atoms with Crippen LogP contribution in [0.4, 0.5) is 5.69 Å². The molecule has 3 aromatic rings. The van der Waals surface area contributed by atoms with Crippen LogP contribution in [0.1, 0.15) is 32.9 Å². The number of ether oxygens (including phenoxy) is 1. The molecule has 2 amide bonds. The Balaban J connectivity index is 1.77. The molecule has 4 rings (SSSR count). The van der Waals surface area contributed by atoms with Crippen LogP contribution in [0.15, 0.2) is 48.0 Å². The number of methoxy groups -OCH3 is 1. The summed E-state index contributed by atoms with van der Waals surface area (Å²) in [5.74, 6) is -1.64. The maximum Gasteiger partial charge on any atom is 0.337 e. The second-order valence-electron chi connectivity index (χ2n) is 8.19. The summed E-state index contributed by atoms with van der Waals surface area (Å²) < 4.78 is 6.79. The molecule has 2 aromatic carbocycles. The first-order chi connectivity index (χ1) is 17.0. The molecule has 0 bridgehead atoms. The van der Waals surface area contributed by atoms with Crippen LogP contribution >= 0.6 is 35.4 Å². The molecule has 2 heterocycles. The normalized spacial score (nSPS) is 14.9. The lowest BCUT2D eigenvalue weighted by molar-refractivity contribution is -0.122. The number of aromatic nitrogens is 1. The molecule has 10 heteroatoms. The average molecular weight is 542 g/mol. The third-order valence-electron chi connectivity index (χ3n) is 5.90. The van der Waals surface area contributed by atoms with Crippen LogP contribution in [0, 0.1) is 20.8 Å². The van der Waals surface area contributed by atoms with Gasteiger partial charge in [-0.25, -0.2) is 4.79 Å². The third-order valence-corrected chi connectivity index (χ3v) is 7.00. The van der Waals surface area contributed by atoms with E-state index in [-0.39, 0.29) is 26.4 Å². The van der Waals surface area contributed by atoms with E-state index in [1.165, 1.54) is 13.2 Å². The molecule has 0 saturated carbocycles. The zero-order chi connectivity index (χ0) is 26.3. The van der Waals surface area contributed by atoms with Gasteiger partial charge in [0, 0.05) is 17.1 Å². The van der Waals surface area contributed by atoms with Gasteiger partial charge in [-0.05, 0) is 86.6 Å². The number of anilines is 1. The summed E-state index contributed by atoms with van der Waals surface area (Å²) >= 11 is 17.7. The second-order valence-corrected chi connectivity index (χ2v) is 9.36. The van der Waals surface area contributed by atoms with Crippen molar-refractivity contribution in [2.24, 2.45) is 0 Å². The Bertz CT molecular complexity index is 1490. The highest BCUT2D eigenvalue weighted by atomic mass is 35.5. The number of thiocarbonyl (C=S) groups is 1. The Hall–Kier alpha value is -3.46. The molecule has 1 aromatic heterocycles. The Morgan fingerprint density at radius 2 is 1.78 bits per heavy atom. The van der Waals surface area contributed by atoms with E-state index in [2.05, 4.69) is 5.32 Å². The van der Waals surface area contributed by atoms with Gasteiger partial charge in [0.1, 0.15) is 5.57 Å². The lowest BCUT2D eigenvalue weighted by Gasteiger charge is -2.29. The molecule has 0 aliphatic carbocycles. The van der Waals surface area contributed by atoms with Crippen molar-refractivity contribution in [3.63, 3.8) is 0 Å². The van der Waals surface area contributed by atoms with Crippen molar-refractivity contribution < 1.29 is 19.1 Å². The van der Waals surface area contributed by atoms with Gasteiger partial charge in [0.2, 0.25) is 0 Å². The van der Waals surface area contributed by atoms with Crippen molar-refractivity contribution in [2.45, 2.75) is 20.8 Å². The monoisotopic (exact) mass is 541 g/mol. The van der Waals surface area contributed by atoms with Crippen molar-refractivity contribution in [3.05, 3.63) is 86.2 Å². The fraction of sp³-hybridized carbons (Fsp3) is 0.154. The van der Waals surface area contributed by atoms with E-state index in [9.17, 15) is 14.4 Å². The number of carbonyl (C=O) groups is 3. The lowest BCUT2D eigenvalue weighted by Crippen LogP contribution is -2.54. The molecule has 7 nitrogen and oxygen atoms in total. The summed E-state index contributed by atoms with van der Waals surface area (Å²) in [7, 11) is 1.34. The minimum absolute atomic E-state index is 0.0851. The Labute approximate surface area is 223 Å². The van der Waals surface area contributed by atoms with Crippen LogP contribution in [0.2, 0.25) is 10.0 Å². The van der Waals surface area contributed by atoms with E-state index < -0.39 is 17.8 Å². The molecule has 0 radical (unpaired) electrons. The molecular formula is C26H21Cl2N3O4S. The van der Waals surface area contributed by atoms with Gasteiger partial charge >= 0.3 is 5.97 Å². The molecule has 1 saturated heterocycles. The molecule has 1 aliphatic rings. The summed E-state index contributed by atoms with van der Waals surface area (Å²) in [6.07, 6.45) is 1.53. The van der Waals surface area contributed by atoms with E-state index in [0.29, 0.717) is 11.1 Å². The molecule has 0 spiro atoms. The standard InChI is InChI=1S/C26H21Cl2N3O4S/c1-13-10-16(25(34)35-4)8-9-20(13)30-14(2)11-17(15(30)3)12-18-23(32)29-26(36)31(24(18)33)21-7-5-6-19(27)22(21)28/h5-12H,1-4H3,(H,29,32,36). The minimum atomic E-state index is -0.615. The van der Waals surface area contributed by atoms with E-state index in [4.69, 9.17) is 40.2 Å². The zero-order valence-electron chi connectivity index (χ0n) is 19.8. The lowest BCUT2D eigenvalue weighted by atomic mass is 10.1. The van der Waals surface area contributed by atoms with Crippen molar-refractivity contribution in [2.75, 3.05) is 12.0 Å². The van der Waals surface area contributed by atoms with Crippen molar-refractivity contribution in [1.29, 1.82) is 0 Å². The van der Waals surface area contributed by atoms with E-state index in [0.717, 1.165) is 27.5 Å². The van der Waals surface area contributed by atoms with E-state index in [1.807, 2.05) is 37.5 Å². The second kappa shape index (κ2) is 9.89. The van der Waals surface area contributed by atoms with Crippen LogP contribution in [0.25, 0.3) is 11.8 Å². The third kappa shape index (κ3) is 4.43. The predicted octanol–water partition coefficient (Wildman–Crippen LogP) is 5.33. The fourth-order valence-corrected chi connectivity index (χ4v) is 4.81. The number of halogens is 2. The summed E-state index contributed by atoms with van der Waals surface area (Å²) in [5.41, 5.74) is 4.69. The number of aryl methyl sites for hydroxylation is 2. The van der Waals surface area contributed by atoms with Crippen molar-refractivity contribution >= 4 is 70.1 Å². The van der Waals surface area contributed by atoms with Crippen LogP contribution < -0.4 is 10.2 Å². The molecule has 1 aliphatic heterocycles. The molecule has 184 valence electrons. The van der Waals surface area contributed by atoms with Crippen molar-refractivity contribution in [3.8, 4) is 5.69 Å². The van der Waals surface area contributed by atoms with Gasteiger partial charge in [-0.3, -0.25) is 19.8 Å². The molecular weight excluding hydrogens is 521 g/mol. The number of rotatable bonds is 4. The molecule has 1 fully saturated rings. The van der Waals surface area contributed by atoms with Gasteiger partial charge in [0.15, 0.2) is 5.11 Å². The van der Waals surface area contributed by atoms with Gasteiger partial charge in [0.25, 0.3) is 11.8 Å². The van der Waals surface area contributed by atoms with Crippen LogP contribution in [-0.4, -0.2) is 34.6 Å². The Morgan fingerprint density at radius 1 is 1.06 bits per heavy atom. The summed E-state index contributed by atoms with van der Waals surface area (Å²) in [6.45, 7) is 5.69. The van der Waals surface area contributed by atoms with Gasteiger partial charge in [-0.15, -0.1) is 0 Å². The summed E-state index contributed by atoms with van der Waals surface area (Å²) in [6, 6.07) is 12.0. The summed E-state index contributed by atoms with van der Waals surface area (Å²) in [5, 5.41) is 2.87. The number of carbonyl (C=O) groups excluding carboxylic acids is 3. The highest BCUT2D eigenvalue weighted by molar-refractivity contribution is 7.80. The summed E-state index contributed by atoms with van der Waals surface area (Å²) in [4.78, 5) is 39.3. The quantitative estimate of drug-likeness (QED) is 0.209. The Kier molecular flexibility index (Phi) is 7.04. The largest absolute Gasteiger partial charge is 0.465 e. The van der Waals surface area contributed by atoms with Crippen molar-refractivity contribution in [1.82, 2.24) is 9.88 Å². The minimum Gasteiger partial charge on any atom is -0.465 e. The molecule has 0 unspecified atom stereocenters. The SMILES string of the molecule is COC(=O)c1ccc(-n2c(C)cc(C=C3C(=O)NC(=S)N(c4cccc(Cl)c4Cl)C3=O)c2C)c(C)c1. The van der Waals surface area contributed by atoms with Gasteiger partial charge in [-0.1, -0.05) is 29.3 Å². The Morgan fingerprint density at radius 3 is 2.44 bits per heavy atom. The first kappa shape index (κ1) is 25.6. The first-order valence-electron chi connectivity index (χ1n) is 10.8. The number of benzene rings is 2. The number of nitrogens with zero attached hydrogens (tertiary/aromatic N) is 2. The topological polar surface area (TPSA) is 80.6 Å². The zero-order valence-corrected chi connectivity index (χ0v) is 22.1. The molecule has 36 heavy (non-hydrogen) atoms. The van der Waals surface area contributed by atoms with Gasteiger partial charge < -0.3 is 9.30 Å². The molecule has 0 atom stereocenters. The van der Waals surface area contributed by atoms with Gasteiger partial charge in [-0.2, -0.15) is 0 Å². The smallest absolute Gasteiger partial charge is 0.337 e. The highest BCUT2D eigenvalue weighted by Gasteiger charge is 2.36. The maximum absolute atomic E-state index is 13.4. The number of nitrogens with one attached hydrogen (secondary N) is 1. The number of amides is 2. The van der Waals surface area contributed by atoms with E-state index in [1.54, 1.807) is 30.3 Å². The number of hydrogen-bond acceptors (Lipinski definition) is 5. The van der Waals surface area contributed by atoms with E-state index >= 15 is 0 Å². The van der Waals surface area contributed by atoms with Crippen LogP contribution in [0.5, 0.6) is 0 Å². The van der Waals surface area contributed by atoms with Crippen LogP contribution in [-0.2, 0) is 14.3 Å². The number of hydrogen-bond donors (Lipinski definition) is 1. The highest BCUT2D eigenvalue weighted by Crippen LogP contribution is 2.35. The fourth-order valence-electron chi connectivity index (χ4n) is 4.15. The van der Waals surface area contributed by atoms with Gasteiger partial charge in [0.05, 0.1) is 28.4 Å². The average Bonchev–Trinajstić information content (AvgIpc) is 3.11. The number of esters is 1. The predicted molar refractivity (Wildman–Crippen MR) is 144 cm³/mol.